The fourth-order valence-electron chi connectivity index (χ4n) is 4.20. The largest absolute Gasteiger partial charge is 0.352 e. The van der Waals surface area contributed by atoms with Crippen LogP contribution in [0.25, 0.3) is 0 Å². The van der Waals surface area contributed by atoms with Gasteiger partial charge in [0, 0.05) is 48.7 Å². The first-order valence-corrected chi connectivity index (χ1v) is 15.5. The van der Waals surface area contributed by atoms with Crippen LogP contribution in [-0.2, 0) is 32.8 Å². The van der Waals surface area contributed by atoms with E-state index in [1.165, 1.54) is 37.2 Å². The summed E-state index contributed by atoms with van der Waals surface area (Å²) in [6.45, 7) is 2.78. The average Bonchev–Trinajstić information content (AvgIpc) is 2.95. The van der Waals surface area contributed by atoms with Gasteiger partial charge in [0.05, 0.1) is 5.69 Å². The van der Waals surface area contributed by atoms with Gasteiger partial charge in [-0.05, 0) is 43.2 Å². The molecule has 0 radical (unpaired) electrons. The molecular weight excluding hydrogens is 602 g/mol. The lowest BCUT2D eigenvalue weighted by molar-refractivity contribution is -0.140. The lowest BCUT2D eigenvalue weighted by Gasteiger charge is -2.35. The van der Waals surface area contributed by atoms with Crippen LogP contribution in [0.15, 0.2) is 72.8 Å². The van der Waals surface area contributed by atoms with Gasteiger partial charge in [0.2, 0.25) is 11.8 Å². The summed E-state index contributed by atoms with van der Waals surface area (Å²) in [5.41, 5.74) is 0.854. The number of amides is 2. The van der Waals surface area contributed by atoms with Gasteiger partial charge in [0.25, 0.3) is 0 Å². The minimum atomic E-state index is -4.33. The maximum atomic E-state index is 14.9. The van der Waals surface area contributed by atoms with E-state index in [1.807, 2.05) is 44.2 Å². The van der Waals surface area contributed by atoms with Crippen LogP contribution in [0, 0.1) is 5.82 Å². The van der Waals surface area contributed by atoms with Crippen molar-refractivity contribution in [3.05, 3.63) is 99.8 Å². The summed E-state index contributed by atoms with van der Waals surface area (Å²) >= 11 is 13.0. The molecule has 1 N–H and O–H groups in total. The Morgan fingerprint density at radius 3 is 2.10 bits per heavy atom. The Hall–Kier alpha value is -3.18. The molecule has 2 atom stereocenters. The van der Waals surface area contributed by atoms with Crippen LogP contribution in [0.4, 0.5) is 10.1 Å². The first-order valence-electron chi connectivity index (χ1n) is 13.4. The van der Waals surface area contributed by atoms with Crippen molar-refractivity contribution in [2.24, 2.45) is 0 Å². The summed E-state index contributed by atoms with van der Waals surface area (Å²) in [6, 6.07) is 18.0. The highest BCUT2D eigenvalue weighted by atomic mass is 35.5. The third-order valence-corrected chi connectivity index (χ3v) is 9.32. The summed E-state index contributed by atoms with van der Waals surface area (Å²) in [7, 11) is -1.76. The van der Waals surface area contributed by atoms with Gasteiger partial charge in [0.1, 0.15) is 18.4 Å². The Morgan fingerprint density at radius 1 is 0.929 bits per heavy atom. The first-order chi connectivity index (χ1) is 19.9. The van der Waals surface area contributed by atoms with Crippen molar-refractivity contribution in [1.29, 1.82) is 0 Å². The molecule has 0 heterocycles. The molecule has 0 bridgehead atoms. The van der Waals surface area contributed by atoms with Crippen LogP contribution in [0.1, 0.15) is 31.4 Å². The van der Waals surface area contributed by atoms with E-state index in [0.717, 1.165) is 15.9 Å². The Bertz CT molecular complexity index is 1470. The van der Waals surface area contributed by atoms with Crippen LogP contribution in [-0.4, -0.2) is 62.2 Å². The van der Waals surface area contributed by atoms with Crippen molar-refractivity contribution < 1.29 is 22.4 Å². The van der Waals surface area contributed by atoms with Crippen molar-refractivity contribution >= 4 is 50.9 Å². The van der Waals surface area contributed by atoms with Gasteiger partial charge in [-0.1, -0.05) is 78.7 Å². The first kappa shape index (κ1) is 33.3. The van der Waals surface area contributed by atoms with Crippen LogP contribution < -0.4 is 9.62 Å². The van der Waals surface area contributed by atoms with Gasteiger partial charge in [-0.15, -0.1) is 0 Å². The lowest BCUT2D eigenvalue weighted by atomic mass is 10.0. The van der Waals surface area contributed by atoms with E-state index in [1.54, 1.807) is 18.2 Å². The second kappa shape index (κ2) is 14.8. The minimum absolute atomic E-state index is 0.122. The van der Waals surface area contributed by atoms with E-state index in [4.69, 9.17) is 23.2 Å². The highest BCUT2D eigenvalue weighted by Gasteiger charge is 2.36. The zero-order valence-corrected chi connectivity index (χ0v) is 26.3. The normalized spacial score (nSPS) is 13.0. The summed E-state index contributed by atoms with van der Waals surface area (Å²) in [5.74, 6) is -2.01. The predicted molar refractivity (Wildman–Crippen MR) is 165 cm³/mol. The molecule has 0 saturated carbocycles. The number of hydrogen-bond acceptors (Lipinski definition) is 4. The number of para-hydroxylation sites is 1. The van der Waals surface area contributed by atoms with Crippen molar-refractivity contribution in [3.63, 3.8) is 0 Å². The zero-order valence-electron chi connectivity index (χ0n) is 23.9. The number of anilines is 1. The highest BCUT2D eigenvalue weighted by molar-refractivity contribution is 7.90. The number of nitrogens with zero attached hydrogens (tertiary/aromatic N) is 3. The molecule has 0 spiro atoms. The van der Waals surface area contributed by atoms with Crippen molar-refractivity contribution in [3.8, 4) is 0 Å². The predicted octanol–water partition coefficient (Wildman–Crippen LogP) is 5.30. The summed E-state index contributed by atoms with van der Waals surface area (Å²) in [6.07, 6.45) is 0.771. The van der Waals surface area contributed by atoms with Crippen molar-refractivity contribution in [2.75, 3.05) is 24.9 Å². The van der Waals surface area contributed by atoms with E-state index in [-0.39, 0.29) is 34.7 Å². The van der Waals surface area contributed by atoms with Crippen LogP contribution in [0.2, 0.25) is 10.0 Å². The maximum absolute atomic E-state index is 14.9. The second-order valence-corrected chi connectivity index (χ2v) is 12.9. The molecule has 3 aromatic carbocycles. The molecule has 42 heavy (non-hydrogen) atoms. The molecule has 3 rings (SSSR count). The number of carbonyl (C=O) groups excluding carboxylic acids is 2. The van der Waals surface area contributed by atoms with Gasteiger partial charge in [0.15, 0.2) is 0 Å². The molecule has 12 heteroatoms. The van der Waals surface area contributed by atoms with Gasteiger partial charge in [-0.25, -0.2) is 8.70 Å². The third-order valence-electron chi connectivity index (χ3n) is 6.80. The highest BCUT2D eigenvalue weighted by Crippen LogP contribution is 2.29. The monoisotopic (exact) mass is 636 g/mol. The average molecular weight is 638 g/mol. The number of hydrogen-bond donors (Lipinski definition) is 1. The van der Waals surface area contributed by atoms with E-state index >= 15 is 0 Å². The lowest BCUT2D eigenvalue weighted by Crippen LogP contribution is -2.55. The maximum Gasteiger partial charge on any atom is 0.304 e. The molecule has 0 aliphatic carbocycles. The molecule has 2 amide bonds. The number of nitrogens with one attached hydrogen (secondary N) is 1. The Kier molecular flexibility index (Phi) is 11.8. The SMILES string of the molecule is CC[C@H](C)NC(=O)[C@@H](Cc1ccccc1)N(Cc1c(Cl)cccc1Cl)C(=O)CN(c1ccccc1F)S(=O)(=O)N(C)C. The standard InChI is InChI=1S/C30H35Cl2FN4O4S/c1-5-21(2)34-30(39)28(18-22-12-7-6-8-13-22)36(19-23-24(31)14-11-15-25(23)32)29(38)20-37(42(40,41)35(3)4)27-17-10-9-16-26(27)33/h6-17,21,28H,5,18-20H2,1-4H3,(H,34,39)/t21-,28+/m0/s1. The smallest absolute Gasteiger partial charge is 0.304 e. The minimum Gasteiger partial charge on any atom is -0.352 e. The summed E-state index contributed by atoms with van der Waals surface area (Å²) < 4.78 is 43.3. The zero-order chi connectivity index (χ0) is 31.0. The van der Waals surface area contributed by atoms with E-state index < -0.39 is 40.4 Å². The van der Waals surface area contributed by atoms with Crippen molar-refractivity contribution in [2.45, 2.75) is 45.3 Å². The van der Waals surface area contributed by atoms with Crippen LogP contribution in [0.5, 0.6) is 0 Å². The molecule has 8 nitrogen and oxygen atoms in total. The molecule has 0 saturated heterocycles. The van der Waals surface area contributed by atoms with E-state index in [2.05, 4.69) is 5.32 Å². The second-order valence-electron chi connectivity index (χ2n) is 9.99. The number of carbonyl (C=O) groups is 2. The van der Waals surface area contributed by atoms with Gasteiger partial charge >= 0.3 is 10.2 Å². The van der Waals surface area contributed by atoms with E-state index in [0.29, 0.717) is 16.3 Å². The van der Waals surface area contributed by atoms with Gasteiger partial charge in [-0.3, -0.25) is 9.59 Å². The summed E-state index contributed by atoms with van der Waals surface area (Å²) in [4.78, 5) is 29.3. The molecule has 0 aliphatic rings. The number of rotatable bonds is 13. The number of benzene rings is 3. The molecule has 0 aromatic heterocycles. The molecule has 0 fully saturated rings. The fraction of sp³-hybridized carbons (Fsp3) is 0.333. The molecule has 3 aromatic rings. The van der Waals surface area contributed by atoms with Crippen molar-refractivity contribution in [1.82, 2.24) is 14.5 Å². The van der Waals surface area contributed by atoms with Crippen LogP contribution >= 0.6 is 23.2 Å². The summed E-state index contributed by atoms with van der Waals surface area (Å²) in [5, 5.41) is 3.49. The Labute approximate surface area is 257 Å². The third kappa shape index (κ3) is 8.22. The van der Waals surface area contributed by atoms with Gasteiger partial charge in [-0.2, -0.15) is 12.7 Å². The van der Waals surface area contributed by atoms with E-state index in [9.17, 15) is 22.4 Å². The molecule has 0 aliphatic heterocycles. The Balaban J connectivity index is 2.16. The topological polar surface area (TPSA) is 90.0 Å². The fourth-order valence-corrected chi connectivity index (χ4v) is 5.79. The van der Waals surface area contributed by atoms with Gasteiger partial charge < -0.3 is 10.2 Å². The molecule has 226 valence electrons. The Morgan fingerprint density at radius 2 is 1.52 bits per heavy atom. The number of halogens is 3. The molecular formula is C30H35Cl2FN4O4S. The quantitative estimate of drug-likeness (QED) is 0.276. The molecule has 0 unspecified atom stereocenters. The van der Waals surface area contributed by atoms with Crippen LogP contribution in [0.3, 0.4) is 0 Å².